The normalized spacial score (nSPS) is 11.0. The SMILES string of the molecule is CCCCCNC(=NCc1ccc(F)c(COC)c1)NCC.I. The van der Waals surface area contributed by atoms with Crippen molar-refractivity contribution in [3.05, 3.63) is 35.1 Å². The number of hydrogen-bond acceptors (Lipinski definition) is 2. The van der Waals surface area contributed by atoms with Crippen molar-refractivity contribution in [2.24, 2.45) is 4.99 Å². The van der Waals surface area contributed by atoms with Crippen LogP contribution in [0.1, 0.15) is 44.2 Å². The highest BCUT2D eigenvalue weighted by Crippen LogP contribution is 2.12. The predicted octanol–water partition coefficient (Wildman–Crippen LogP) is 3.84. The van der Waals surface area contributed by atoms with Gasteiger partial charge in [0.05, 0.1) is 13.2 Å². The van der Waals surface area contributed by atoms with E-state index < -0.39 is 0 Å². The number of methoxy groups -OCH3 is 1. The van der Waals surface area contributed by atoms with Crippen LogP contribution < -0.4 is 10.6 Å². The Labute approximate surface area is 156 Å². The Hall–Kier alpha value is -0.890. The monoisotopic (exact) mass is 437 g/mol. The van der Waals surface area contributed by atoms with Crippen LogP contribution in [0.5, 0.6) is 0 Å². The van der Waals surface area contributed by atoms with Gasteiger partial charge in [0.2, 0.25) is 0 Å². The lowest BCUT2D eigenvalue weighted by molar-refractivity contribution is 0.181. The number of rotatable bonds is 9. The van der Waals surface area contributed by atoms with Gasteiger partial charge in [-0.3, -0.25) is 0 Å². The number of guanidine groups is 1. The molecule has 2 N–H and O–H groups in total. The Morgan fingerprint density at radius 2 is 2.00 bits per heavy atom. The molecule has 0 aliphatic heterocycles. The molecule has 23 heavy (non-hydrogen) atoms. The summed E-state index contributed by atoms with van der Waals surface area (Å²) in [6, 6.07) is 5.04. The second-order valence-electron chi connectivity index (χ2n) is 5.19. The number of hydrogen-bond donors (Lipinski definition) is 2. The average Bonchev–Trinajstić information content (AvgIpc) is 2.52. The number of halogens is 2. The van der Waals surface area contributed by atoms with E-state index in [1.165, 1.54) is 18.9 Å². The van der Waals surface area contributed by atoms with Crippen molar-refractivity contribution in [3.63, 3.8) is 0 Å². The predicted molar refractivity (Wildman–Crippen MR) is 105 cm³/mol. The molecule has 0 aliphatic rings. The number of unbranched alkanes of at least 4 members (excludes halogenated alkanes) is 2. The van der Waals surface area contributed by atoms with Gasteiger partial charge in [0.15, 0.2) is 5.96 Å². The van der Waals surface area contributed by atoms with Crippen molar-refractivity contribution < 1.29 is 9.13 Å². The lowest BCUT2D eigenvalue weighted by atomic mass is 10.1. The summed E-state index contributed by atoms with van der Waals surface area (Å²) >= 11 is 0. The Bertz CT molecular complexity index is 469. The minimum Gasteiger partial charge on any atom is -0.380 e. The third kappa shape index (κ3) is 9.10. The fourth-order valence-corrected chi connectivity index (χ4v) is 2.09. The highest BCUT2D eigenvalue weighted by Gasteiger charge is 2.04. The van der Waals surface area contributed by atoms with Gasteiger partial charge in [-0.2, -0.15) is 0 Å². The molecular formula is C17H29FIN3O. The molecule has 0 saturated heterocycles. The third-order valence-corrected chi connectivity index (χ3v) is 3.25. The second kappa shape index (κ2) is 13.5. The van der Waals surface area contributed by atoms with Crippen LogP contribution in [0.15, 0.2) is 23.2 Å². The number of benzene rings is 1. The van der Waals surface area contributed by atoms with Crippen molar-refractivity contribution in [2.45, 2.75) is 46.3 Å². The first kappa shape index (κ1) is 22.1. The summed E-state index contributed by atoms with van der Waals surface area (Å²) < 4.78 is 18.6. The molecule has 1 rings (SSSR count). The summed E-state index contributed by atoms with van der Waals surface area (Å²) in [6.07, 6.45) is 3.55. The molecule has 0 aromatic heterocycles. The second-order valence-corrected chi connectivity index (χ2v) is 5.19. The van der Waals surface area contributed by atoms with Gasteiger partial charge in [0.25, 0.3) is 0 Å². The van der Waals surface area contributed by atoms with Crippen molar-refractivity contribution >= 4 is 29.9 Å². The Morgan fingerprint density at radius 3 is 2.65 bits per heavy atom. The summed E-state index contributed by atoms with van der Waals surface area (Å²) in [5.41, 5.74) is 1.54. The molecule has 0 amide bonds. The van der Waals surface area contributed by atoms with Gasteiger partial charge >= 0.3 is 0 Å². The van der Waals surface area contributed by atoms with Gasteiger partial charge in [-0.1, -0.05) is 25.8 Å². The largest absolute Gasteiger partial charge is 0.380 e. The lowest BCUT2D eigenvalue weighted by Gasteiger charge is -2.11. The van der Waals surface area contributed by atoms with E-state index in [9.17, 15) is 4.39 Å². The maximum absolute atomic E-state index is 13.6. The minimum absolute atomic E-state index is 0. The third-order valence-electron chi connectivity index (χ3n) is 3.25. The molecule has 0 fully saturated rings. The molecule has 0 saturated carbocycles. The first-order valence-corrected chi connectivity index (χ1v) is 7.99. The fourth-order valence-electron chi connectivity index (χ4n) is 2.09. The summed E-state index contributed by atoms with van der Waals surface area (Å²) in [5.74, 6) is 0.565. The minimum atomic E-state index is -0.237. The van der Waals surface area contributed by atoms with E-state index in [1.807, 2.05) is 13.0 Å². The first-order valence-electron chi connectivity index (χ1n) is 7.99. The number of nitrogens with one attached hydrogen (secondary N) is 2. The van der Waals surface area contributed by atoms with Crippen LogP contribution >= 0.6 is 24.0 Å². The van der Waals surface area contributed by atoms with Crippen LogP contribution in [0.25, 0.3) is 0 Å². The Balaban J connectivity index is 0.00000484. The van der Waals surface area contributed by atoms with Gasteiger partial charge < -0.3 is 15.4 Å². The van der Waals surface area contributed by atoms with Gasteiger partial charge in [-0.05, 0) is 31.0 Å². The zero-order valence-electron chi connectivity index (χ0n) is 14.3. The highest BCUT2D eigenvalue weighted by molar-refractivity contribution is 14.0. The van der Waals surface area contributed by atoms with Crippen molar-refractivity contribution in [1.82, 2.24) is 10.6 Å². The fraction of sp³-hybridized carbons (Fsp3) is 0.588. The van der Waals surface area contributed by atoms with E-state index in [-0.39, 0.29) is 36.4 Å². The van der Waals surface area contributed by atoms with E-state index in [0.717, 1.165) is 31.0 Å². The molecule has 0 radical (unpaired) electrons. The summed E-state index contributed by atoms with van der Waals surface area (Å²) in [7, 11) is 1.56. The summed E-state index contributed by atoms with van der Waals surface area (Å²) in [5, 5.41) is 6.54. The zero-order chi connectivity index (χ0) is 16.2. The van der Waals surface area contributed by atoms with E-state index in [0.29, 0.717) is 12.1 Å². The highest BCUT2D eigenvalue weighted by atomic mass is 127. The lowest BCUT2D eigenvalue weighted by Crippen LogP contribution is -2.37. The van der Waals surface area contributed by atoms with E-state index >= 15 is 0 Å². The van der Waals surface area contributed by atoms with Gasteiger partial charge in [-0.15, -0.1) is 24.0 Å². The maximum atomic E-state index is 13.6. The first-order chi connectivity index (χ1) is 10.7. The molecule has 0 spiro atoms. The molecule has 1 aromatic carbocycles. The standard InChI is InChI=1S/C17H28FN3O.HI/c1-4-6-7-10-20-17(19-5-2)21-12-14-8-9-16(18)15(11-14)13-22-3;/h8-9,11H,4-7,10,12-13H2,1-3H3,(H2,19,20,21);1H. The summed E-state index contributed by atoms with van der Waals surface area (Å²) in [6.45, 7) is 6.75. The van der Waals surface area contributed by atoms with E-state index in [4.69, 9.17) is 4.74 Å². The van der Waals surface area contributed by atoms with Crippen LogP contribution in [0, 0.1) is 5.82 Å². The van der Waals surface area contributed by atoms with Gasteiger partial charge in [0, 0.05) is 25.8 Å². The molecule has 0 atom stereocenters. The Morgan fingerprint density at radius 1 is 1.22 bits per heavy atom. The van der Waals surface area contributed by atoms with Crippen molar-refractivity contribution in [1.29, 1.82) is 0 Å². The topological polar surface area (TPSA) is 45.7 Å². The quantitative estimate of drug-likeness (QED) is 0.267. The molecular weight excluding hydrogens is 408 g/mol. The number of ether oxygens (including phenoxy) is 1. The smallest absolute Gasteiger partial charge is 0.191 e. The van der Waals surface area contributed by atoms with E-state index in [2.05, 4.69) is 22.5 Å². The molecule has 0 aliphatic carbocycles. The van der Waals surface area contributed by atoms with Crippen LogP contribution in [0.2, 0.25) is 0 Å². The molecule has 0 bridgehead atoms. The van der Waals surface area contributed by atoms with Gasteiger partial charge in [0.1, 0.15) is 5.82 Å². The number of nitrogens with zero attached hydrogens (tertiary/aromatic N) is 1. The molecule has 132 valence electrons. The molecule has 0 unspecified atom stereocenters. The molecule has 0 heterocycles. The molecule has 4 nitrogen and oxygen atoms in total. The Kier molecular flexibility index (Phi) is 13.0. The van der Waals surface area contributed by atoms with Crippen molar-refractivity contribution in [3.8, 4) is 0 Å². The molecule has 1 aromatic rings. The van der Waals surface area contributed by atoms with Crippen LogP contribution in [-0.4, -0.2) is 26.2 Å². The van der Waals surface area contributed by atoms with Crippen molar-refractivity contribution in [2.75, 3.05) is 20.2 Å². The average molecular weight is 437 g/mol. The summed E-state index contributed by atoms with van der Waals surface area (Å²) in [4.78, 5) is 4.54. The van der Waals surface area contributed by atoms with E-state index in [1.54, 1.807) is 13.2 Å². The molecule has 6 heteroatoms. The van der Waals surface area contributed by atoms with Gasteiger partial charge in [-0.25, -0.2) is 9.38 Å². The zero-order valence-corrected chi connectivity index (χ0v) is 16.7. The van der Waals surface area contributed by atoms with Crippen LogP contribution in [0.4, 0.5) is 4.39 Å². The maximum Gasteiger partial charge on any atom is 0.191 e. The van der Waals surface area contributed by atoms with Crippen LogP contribution in [0.3, 0.4) is 0 Å². The number of aliphatic imine (C=N–C) groups is 1. The van der Waals surface area contributed by atoms with Crippen LogP contribution in [-0.2, 0) is 17.9 Å².